The first-order valence-corrected chi connectivity index (χ1v) is 6.69. The highest BCUT2D eigenvalue weighted by atomic mass is 16.5. The fourth-order valence-electron chi connectivity index (χ4n) is 2.45. The SMILES string of the molecule is COc1c(C)cc(CCCC(C)(C)N)c(C)c1C. The van der Waals surface area contributed by atoms with Crippen LogP contribution >= 0.6 is 0 Å². The number of nitrogens with two attached hydrogens (primary N) is 1. The molecule has 0 aromatic heterocycles. The molecule has 18 heavy (non-hydrogen) atoms. The summed E-state index contributed by atoms with van der Waals surface area (Å²) in [6.07, 6.45) is 3.28. The first kappa shape index (κ1) is 15.0. The molecule has 0 spiro atoms. The minimum absolute atomic E-state index is 0.0650. The van der Waals surface area contributed by atoms with Gasteiger partial charge in [0.25, 0.3) is 0 Å². The van der Waals surface area contributed by atoms with Gasteiger partial charge in [-0.3, -0.25) is 0 Å². The topological polar surface area (TPSA) is 35.2 Å². The first-order chi connectivity index (χ1) is 8.26. The van der Waals surface area contributed by atoms with E-state index in [2.05, 4.69) is 40.7 Å². The van der Waals surface area contributed by atoms with E-state index in [1.54, 1.807) is 7.11 Å². The molecule has 2 N–H and O–H groups in total. The van der Waals surface area contributed by atoms with E-state index < -0.39 is 0 Å². The number of hydrogen-bond donors (Lipinski definition) is 1. The van der Waals surface area contributed by atoms with Gasteiger partial charge in [-0.05, 0) is 76.1 Å². The van der Waals surface area contributed by atoms with Crippen LogP contribution in [0.15, 0.2) is 6.07 Å². The summed E-state index contributed by atoms with van der Waals surface area (Å²) in [5.74, 6) is 1.02. The Morgan fingerprint density at radius 3 is 2.28 bits per heavy atom. The van der Waals surface area contributed by atoms with Crippen LogP contribution in [0.2, 0.25) is 0 Å². The lowest BCUT2D eigenvalue weighted by molar-refractivity contribution is 0.407. The van der Waals surface area contributed by atoms with Crippen molar-refractivity contribution in [2.75, 3.05) is 7.11 Å². The summed E-state index contributed by atoms with van der Waals surface area (Å²) >= 11 is 0. The number of methoxy groups -OCH3 is 1. The normalized spacial score (nSPS) is 11.7. The van der Waals surface area contributed by atoms with Gasteiger partial charge in [-0.2, -0.15) is 0 Å². The molecule has 0 aliphatic heterocycles. The van der Waals surface area contributed by atoms with Crippen LogP contribution in [0.4, 0.5) is 0 Å². The van der Waals surface area contributed by atoms with Gasteiger partial charge in [0.05, 0.1) is 7.11 Å². The van der Waals surface area contributed by atoms with Crippen molar-refractivity contribution in [1.82, 2.24) is 0 Å². The molecule has 0 amide bonds. The highest BCUT2D eigenvalue weighted by Gasteiger charge is 2.13. The Morgan fingerprint density at radius 2 is 1.78 bits per heavy atom. The number of aryl methyl sites for hydroxylation is 2. The molecule has 0 heterocycles. The third-order valence-electron chi connectivity index (χ3n) is 3.61. The molecule has 1 rings (SSSR count). The van der Waals surface area contributed by atoms with Gasteiger partial charge in [0.2, 0.25) is 0 Å². The second kappa shape index (κ2) is 5.75. The lowest BCUT2D eigenvalue weighted by atomic mass is 9.92. The zero-order chi connectivity index (χ0) is 13.9. The molecule has 1 aromatic rings. The molecule has 0 unspecified atom stereocenters. The van der Waals surface area contributed by atoms with Gasteiger partial charge in [-0.1, -0.05) is 6.07 Å². The standard InChI is InChI=1S/C16H27NO/c1-11-10-14(8-7-9-16(4,5)17)12(2)13(3)15(11)18-6/h10H,7-9,17H2,1-6H3. The third kappa shape index (κ3) is 3.74. The quantitative estimate of drug-likeness (QED) is 0.864. The summed E-state index contributed by atoms with van der Waals surface area (Å²) in [7, 11) is 1.74. The second-order valence-corrected chi connectivity index (χ2v) is 5.98. The van der Waals surface area contributed by atoms with Crippen LogP contribution in [0.5, 0.6) is 5.75 Å². The van der Waals surface area contributed by atoms with Gasteiger partial charge >= 0.3 is 0 Å². The Hall–Kier alpha value is -1.02. The van der Waals surface area contributed by atoms with Crippen molar-refractivity contribution < 1.29 is 4.74 Å². The van der Waals surface area contributed by atoms with E-state index in [1.165, 1.54) is 22.3 Å². The average molecular weight is 249 g/mol. The van der Waals surface area contributed by atoms with Gasteiger partial charge in [0.1, 0.15) is 5.75 Å². The van der Waals surface area contributed by atoms with E-state index >= 15 is 0 Å². The van der Waals surface area contributed by atoms with Gasteiger partial charge in [0.15, 0.2) is 0 Å². The summed E-state index contributed by atoms with van der Waals surface area (Å²) in [4.78, 5) is 0. The predicted octanol–water partition coefficient (Wildman–Crippen LogP) is 3.68. The van der Waals surface area contributed by atoms with E-state index in [9.17, 15) is 0 Å². The number of ether oxygens (including phenoxy) is 1. The van der Waals surface area contributed by atoms with Crippen LogP contribution in [-0.2, 0) is 6.42 Å². The molecule has 2 nitrogen and oxygen atoms in total. The van der Waals surface area contributed by atoms with Gasteiger partial charge in [-0.25, -0.2) is 0 Å². The van der Waals surface area contributed by atoms with Crippen molar-refractivity contribution >= 4 is 0 Å². The van der Waals surface area contributed by atoms with Crippen LogP contribution in [0.3, 0.4) is 0 Å². The maximum absolute atomic E-state index is 6.02. The number of rotatable bonds is 5. The Balaban J connectivity index is 2.85. The second-order valence-electron chi connectivity index (χ2n) is 5.98. The third-order valence-corrected chi connectivity index (χ3v) is 3.61. The highest BCUT2D eigenvalue weighted by molar-refractivity contribution is 5.49. The fraction of sp³-hybridized carbons (Fsp3) is 0.625. The molecule has 0 aliphatic carbocycles. The summed E-state index contributed by atoms with van der Waals surface area (Å²) in [6, 6.07) is 2.25. The fourth-order valence-corrected chi connectivity index (χ4v) is 2.45. The average Bonchev–Trinajstić information content (AvgIpc) is 2.24. The lowest BCUT2D eigenvalue weighted by Gasteiger charge is -2.19. The lowest BCUT2D eigenvalue weighted by Crippen LogP contribution is -2.31. The van der Waals surface area contributed by atoms with Gasteiger partial charge in [-0.15, -0.1) is 0 Å². The van der Waals surface area contributed by atoms with Crippen LogP contribution in [0.25, 0.3) is 0 Å². The van der Waals surface area contributed by atoms with E-state index in [1.807, 2.05) is 0 Å². The molecular formula is C16H27NO. The van der Waals surface area contributed by atoms with Crippen LogP contribution < -0.4 is 10.5 Å². The van der Waals surface area contributed by atoms with Crippen LogP contribution in [0.1, 0.15) is 48.9 Å². The Labute approximate surface area is 112 Å². The van der Waals surface area contributed by atoms with Crippen molar-refractivity contribution in [3.8, 4) is 5.75 Å². The summed E-state index contributed by atoms with van der Waals surface area (Å²) < 4.78 is 5.45. The number of hydrogen-bond acceptors (Lipinski definition) is 2. The van der Waals surface area contributed by atoms with E-state index in [0.717, 1.165) is 25.0 Å². The van der Waals surface area contributed by atoms with E-state index in [4.69, 9.17) is 10.5 Å². The molecular weight excluding hydrogens is 222 g/mol. The van der Waals surface area contributed by atoms with Crippen LogP contribution in [-0.4, -0.2) is 12.6 Å². The summed E-state index contributed by atoms with van der Waals surface area (Å²) in [5, 5.41) is 0. The minimum Gasteiger partial charge on any atom is -0.496 e. The highest BCUT2D eigenvalue weighted by Crippen LogP contribution is 2.29. The summed E-state index contributed by atoms with van der Waals surface area (Å²) in [6.45, 7) is 10.6. The minimum atomic E-state index is -0.0650. The first-order valence-electron chi connectivity index (χ1n) is 6.69. The summed E-state index contributed by atoms with van der Waals surface area (Å²) in [5.41, 5.74) is 11.2. The maximum atomic E-state index is 6.02. The molecule has 2 heteroatoms. The van der Waals surface area contributed by atoms with Crippen molar-refractivity contribution in [1.29, 1.82) is 0 Å². The number of benzene rings is 1. The van der Waals surface area contributed by atoms with Gasteiger partial charge < -0.3 is 10.5 Å². The van der Waals surface area contributed by atoms with Crippen molar-refractivity contribution in [2.45, 2.75) is 59.4 Å². The Morgan fingerprint density at radius 1 is 1.17 bits per heavy atom. The molecule has 0 saturated heterocycles. The molecule has 1 aromatic carbocycles. The van der Waals surface area contributed by atoms with Crippen molar-refractivity contribution in [2.24, 2.45) is 5.73 Å². The smallest absolute Gasteiger partial charge is 0.124 e. The Bertz CT molecular complexity index is 416. The van der Waals surface area contributed by atoms with Crippen LogP contribution in [0, 0.1) is 20.8 Å². The molecule has 0 atom stereocenters. The maximum Gasteiger partial charge on any atom is 0.124 e. The zero-order valence-corrected chi connectivity index (χ0v) is 12.7. The molecule has 0 bridgehead atoms. The Kier molecular flexibility index (Phi) is 4.80. The largest absolute Gasteiger partial charge is 0.496 e. The molecule has 0 saturated carbocycles. The monoisotopic (exact) mass is 249 g/mol. The zero-order valence-electron chi connectivity index (χ0n) is 12.7. The van der Waals surface area contributed by atoms with Gasteiger partial charge in [0, 0.05) is 5.54 Å². The molecule has 0 radical (unpaired) electrons. The van der Waals surface area contributed by atoms with E-state index in [0.29, 0.717) is 0 Å². The molecule has 0 aliphatic rings. The van der Waals surface area contributed by atoms with Crippen molar-refractivity contribution in [3.63, 3.8) is 0 Å². The molecule has 0 fully saturated rings. The predicted molar refractivity (Wildman–Crippen MR) is 78.4 cm³/mol. The van der Waals surface area contributed by atoms with Crippen molar-refractivity contribution in [3.05, 3.63) is 28.3 Å². The van der Waals surface area contributed by atoms with E-state index in [-0.39, 0.29) is 5.54 Å². The molecule has 102 valence electrons.